The molecular weight excluding hydrogens is 224 g/mol. The molecule has 0 aliphatic heterocycles. The second kappa shape index (κ2) is 4.26. The van der Waals surface area contributed by atoms with Crippen molar-refractivity contribution in [1.82, 2.24) is 14.5 Å². The average molecular weight is 244 g/mol. The largest absolute Gasteiger partial charge is 0.397 e. The minimum atomic E-state index is 0.598. The van der Waals surface area contributed by atoms with Crippen LogP contribution in [0.5, 0.6) is 0 Å². The highest BCUT2D eigenvalue weighted by atomic mass is 15.1. The SMILES string of the molecule is CC(C)Cn1c(C2CCC2)nc2cc(N)cnc21. The fourth-order valence-corrected chi connectivity index (χ4v) is 2.57. The van der Waals surface area contributed by atoms with E-state index in [9.17, 15) is 0 Å². The van der Waals surface area contributed by atoms with Gasteiger partial charge in [0.2, 0.25) is 0 Å². The summed E-state index contributed by atoms with van der Waals surface area (Å²) < 4.78 is 2.29. The summed E-state index contributed by atoms with van der Waals surface area (Å²) in [5.41, 5.74) is 8.41. The Morgan fingerprint density at radius 3 is 2.83 bits per heavy atom. The minimum absolute atomic E-state index is 0.598. The highest BCUT2D eigenvalue weighted by Gasteiger charge is 2.26. The van der Waals surface area contributed by atoms with Crippen LogP contribution in [0.25, 0.3) is 11.2 Å². The number of nitrogen functional groups attached to an aromatic ring is 1. The number of hydrogen-bond acceptors (Lipinski definition) is 3. The summed E-state index contributed by atoms with van der Waals surface area (Å²) in [7, 11) is 0. The molecule has 3 rings (SSSR count). The van der Waals surface area contributed by atoms with Crippen LogP contribution < -0.4 is 5.73 Å². The van der Waals surface area contributed by atoms with Gasteiger partial charge in [0.1, 0.15) is 11.3 Å². The number of nitrogens with zero attached hydrogens (tertiary/aromatic N) is 3. The van der Waals surface area contributed by atoms with Gasteiger partial charge >= 0.3 is 0 Å². The lowest BCUT2D eigenvalue weighted by molar-refractivity contribution is 0.379. The molecule has 0 amide bonds. The number of fused-ring (bicyclic) bond motifs is 1. The molecule has 2 heterocycles. The smallest absolute Gasteiger partial charge is 0.160 e. The van der Waals surface area contributed by atoms with Gasteiger partial charge in [0.05, 0.1) is 11.9 Å². The van der Waals surface area contributed by atoms with Gasteiger partial charge in [-0.25, -0.2) is 9.97 Å². The summed E-state index contributed by atoms with van der Waals surface area (Å²) in [4.78, 5) is 9.24. The van der Waals surface area contributed by atoms with E-state index in [0.717, 1.165) is 17.7 Å². The normalized spacial score (nSPS) is 16.4. The van der Waals surface area contributed by atoms with Crippen LogP contribution in [0.4, 0.5) is 5.69 Å². The Morgan fingerprint density at radius 1 is 1.44 bits per heavy atom. The lowest BCUT2D eigenvalue weighted by Crippen LogP contribution is -2.17. The first-order valence-electron chi connectivity index (χ1n) is 6.77. The molecule has 0 spiro atoms. The summed E-state index contributed by atoms with van der Waals surface area (Å²) in [5.74, 6) is 2.43. The van der Waals surface area contributed by atoms with Gasteiger partial charge in [0, 0.05) is 12.5 Å². The van der Waals surface area contributed by atoms with Crippen molar-refractivity contribution in [3.05, 3.63) is 18.1 Å². The molecule has 4 nitrogen and oxygen atoms in total. The standard InChI is InChI=1S/C14H20N4/c1-9(2)8-18-13(10-4-3-5-10)17-12-6-11(15)7-16-14(12)18/h6-7,9-10H,3-5,8,15H2,1-2H3. The summed E-state index contributed by atoms with van der Waals surface area (Å²) in [6, 6.07) is 1.93. The first-order chi connectivity index (χ1) is 8.65. The maximum Gasteiger partial charge on any atom is 0.160 e. The van der Waals surface area contributed by atoms with E-state index in [4.69, 9.17) is 10.7 Å². The third-order valence-electron chi connectivity index (χ3n) is 3.65. The van der Waals surface area contributed by atoms with Gasteiger partial charge in [-0.2, -0.15) is 0 Å². The Morgan fingerprint density at radius 2 is 2.22 bits per heavy atom. The van der Waals surface area contributed by atoms with Crippen molar-refractivity contribution in [2.75, 3.05) is 5.73 Å². The second-order valence-corrected chi connectivity index (χ2v) is 5.71. The molecule has 0 saturated heterocycles. The fourth-order valence-electron chi connectivity index (χ4n) is 2.57. The van der Waals surface area contributed by atoms with Crippen LogP contribution in [0.15, 0.2) is 12.3 Å². The predicted octanol–water partition coefficient (Wildman–Crippen LogP) is 2.94. The predicted molar refractivity (Wildman–Crippen MR) is 73.4 cm³/mol. The van der Waals surface area contributed by atoms with Gasteiger partial charge in [-0.05, 0) is 24.8 Å². The zero-order valence-electron chi connectivity index (χ0n) is 11.1. The third kappa shape index (κ3) is 1.85. The van der Waals surface area contributed by atoms with Crippen LogP contribution in [0, 0.1) is 5.92 Å². The highest BCUT2D eigenvalue weighted by molar-refractivity contribution is 5.75. The molecule has 0 aromatic carbocycles. The molecule has 0 radical (unpaired) electrons. The van der Waals surface area contributed by atoms with E-state index in [2.05, 4.69) is 23.4 Å². The molecule has 18 heavy (non-hydrogen) atoms. The van der Waals surface area contributed by atoms with Crippen molar-refractivity contribution < 1.29 is 0 Å². The molecule has 4 heteroatoms. The highest BCUT2D eigenvalue weighted by Crippen LogP contribution is 2.37. The van der Waals surface area contributed by atoms with Crippen LogP contribution in [0.1, 0.15) is 44.9 Å². The van der Waals surface area contributed by atoms with Crippen LogP contribution in [0.3, 0.4) is 0 Å². The summed E-state index contributed by atoms with van der Waals surface area (Å²) in [6.07, 6.45) is 5.57. The van der Waals surface area contributed by atoms with Crippen molar-refractivity contribution >= 4 is 16.9 Å². The quantitative estimate of drug-likeness (QED) is 0.903. The van der Waals surface area contributed by atoms with Crippen LogP contribution in [0.2, 0.25) is 0 Å². The lowest BCUT2D eigenvalue weighted by Gasteiger charge is -2.26. The van der Waals surface area contributed by atoms with Gasteiger partial charge in [-0.1, -0.05) is 20.3 Å². The Hall–Kier alpha value is -1.58. The minimum Gasteiger partial charge on any atom is -0.397 e. The van der Waals surface area contributed by atoms with Crippen LogP contribution in [-0.2, 0) is 6.54 Å². The number of nitrogens with two attached hydrogens (primary N) is 1. The molecule has 2 aromatic heterocycles. The molecule has 2 aromatic rings. The molecule has 0 unspecified atom stereocenters. The number of imidazole rings is 1. The summed E-state index contributed by atoms with van der Waals surface area (Å²) >= 11 is 0. The number of rotatable bonds is 3. The van der Waals surface area contributed by atoms with Crippen molar-refractivity contribution in [1.29, 1.82) is 0 Å². The Kier molecular flexibility index (Phi) is 2.73. The number of anilines is 1. The number of hydrogen-bond donors (Lipinski definition) is 1. The van der Waals surface area contributed by atoms with Gasteiger partial charge in [0.25, 0.3) is 0 Å². The summed E-state index contributed by atoms with van der Waals surface area (Å²) in [5, 5.41) is 0. The first-order valence-corrected chi connectivity index (χ1v) is 6.77. The maximum atomic E-state index is 5.80. The summed E-state index contributed by atoms with van der Waals surface area (Å²) in [6.45, 7) is 5.45. The fraction of sp³-hybridized carbons (Fsp3) is 0.571. The van der Waals surface area contributed by atoms with E-state index in [-0.39, 0.29) is 0 Å². The maximum absolute atomic E-state index is 5.80. The van der Waals surface area contributed by atoms with E-state index in [0.29, 0.717) is 17.5 Å². The van der Waals surface area contributed by atoms with Crippen LogP contribution in [-0.4, -0.2) is 14.5 Å². The zero-order chi connectivity index (χ0) is 12.7. The monoisotopic (exact) mass is 244 g/mol. The molecule has 1 aliphatic carbocycles. The Labute approximate surface area is 107 Å². The van der Waals surface area contributed by atoms with E-state index in [1.165, 1.54) is 25.1 Å². The third-order valence-corrected chi connectivity index (χ3v) is 3.65. The molecule has 96 valence electrons. The molecule has 0 atom stereocenters. The topological polar surface area (TPSA) is 56.7 Å². The van der Waals surface area contributed by atoms with E-state index >= 15 is 0 Å². The van der Waals surface area contributed by atoms with Crippen molar-refractivity contribution in [2.24, 2.45) is 5.92 Å². The van der Waals surface area contributed by atoms with Gasteiger partial charge < -0.3 is 10.3 Å². The van der Waals surface area contributed by atoms with Crippen molar-refractivity contribution in [3.8, 4) is 0 Å². The molecule has 1 fully saturated rings. The molecule has 2 N–H and O–H groups in total. The van der Waals surface area contributed by atoms with Gasteiger partial charge in [-0.3, -0.25) is 0 Å². The van der Waals surface area contributed by atoms with E-state index in [1.807, 2.05) is 6.07 Å². The molecule has 1 aliphatic rings. The Balaban J connectivity index is 2.13. The van der Waals surface area contributed by atoms with Gasteiger partial charge in [-0.15, -0.1) is 0 Å². The van der Waals surface area contributed by atoms with Crippen LogP contribution >= 0.6 is 0 Å². The average Bonchev–Trinajstić information content (AvgIpc) is 2.53. The van der Waals surface area contributed by atoms with Crippen molar-refractivity contribution in [3.63, 3.8) is 0 Å². The number of aromatic nitrogens is 3. The zero-order valence-corrected chi connectivity index (χ0v) is 11.1. The van der Waals surface area contributed by atoms with Gasteiger partial charge in [0.15, 0.2) is 5.65 Å². The molecular formula is C14H20N4. The molecule has 0 bridgehead atoms. The lowest BCUT2D eigenvalue weighted by atomic mass is 9.85. The van der Waals surface area contributed by atoms with Crippen molar-refractivity contribution in [2.45, 2.75) is 45.6 Å². The van der Waals surface area contributed by atoms with E-state index in [1.54, 1.807) is 6.20 Å². The second-order valence-electron chi connectivity index (χ2n) is 5.71. The first kappa shape index (κ1) is 11.5. The Bertz CT molecular complexity index is 566. The molecule has 1 saturated carbocycles. The number of pyridine rings is 1. The van der Waals surface area contributed by atoms with E-state index < -0.39 is 0 Å².